The lowest BCUT2D eigenvalue weighted by atomic mass is 9.46. The fourth-order valence-corrected chi connectivity index (χ4v) is 9.42. The highest BCUT2D eigenvalue weighted by molar-refractivity contribution is 5.92. The number of morpholine rings is 1. The van der Waals surface area contributed by atoms with Crippen LogP contribution in [-0.2, 0) is 47.5 Å². The number of esters is 3. The molecule has 0 bridgehead atoms. The highest BCUT2D eigenvalue weighted by Crippen LogP contribution is 2.83. The van der Waals surface area contributed by atoms with Gasteiger partial charge < -0.3 is 33.2 Å². The molecular formula is C30H40ClNO10. The molecule has 0 amide bonds. The Kier molecular flexibility index (Phi) is 6.64. The number of halogens is 1. The van der Waals surface area contributed by atoms with Crippen LogP contribution in [-0.4, -0.2) is 110 Å². The minimum Gasteiger partial charge on any atom is -0.465 e. The molecule has 2 spiro atoms. The summed E-state index contributed by atoms with van der Waals surface area (Å²) in [6.45, 7) is 9.87. The second-order valence-electron chi connectivity index (χ2n) is 13.6. The van der Waals surface area contributed by atoms with Gasteiger partial charge in [0.25, 0.3) is 0 Å². The third kappa shape index (κ3) is 3.61. The number of carbonyl (C=O) groups excluding carboxylic acids is 3. The van der Waals surface area contributed by atoms with E-state index in [0.29, 0.717) is 45.8 Å². The average Bonchev–Trinajstić information content (AvgIpc) is 3.86. The molecule has 42 heavy (non-hydrogen) atoms. The van der Waals surface area contributed by atoms with Crippen LogP contribution in [0.15, 0.2) is 11.1 Å². The summed E-state index contributed by atoms with van der Waals surface area (Å²) in [6.07, 6.45) is 1.69. The Hall–Kier alpha value is -1.76. The molecule has 12 heteroatoms. The molecule has 0 radical (unpaired) electrons. The lowest BCUT2D eigenvalue weighted by Gasteiger charge is -2.53. The summed E-state index contributed by atoms with van der Waals surface area (Å²) in [5.74, 6) is -0.607. The number of rotatable bonds is 8. The van der Waals surface area contributed by atoms with Crippen molar-refractivity contribution in [3.63, 3.8) is 0 Å². The summed E-state index contributed by atoms with van der Waals surface area (Å²) in [4.78, 5) is 39.9. The minimum absolute atomic E-state index is 0. The van der Waals surface area contributed by atoms with E-state index in [0.717, 1.165) is 24.0 Å². The van der Waals surface area contributed by atoms with Crippen molar-refractivity contribution in [2.75, 3.05) is 46.1 Å². The van der Waals surface area contributed by atoms with E-state index in [1.54, 1.807) is 0 Å². The van der Waals surface area contributed by atoms with Crippen molar-refractivity contribution < 1.29 is 47.5 Å². The number of hydrogen-bond donors (Lipinski definition) is 0. The third-order valence-electron chi connectivity index (χ3n) is 11.6. The van der Waals surface area contributed by atoms with Gasteiger partial charge in [-0.2, -0.15) is 0 Å². The summed E-state index contributed by atoms with van der Waals surface area (Å²) in [5.41, 5.74) is -0.386. The Morgan fingerprint density at radius 3 is 2.64 bits per heavy atom. The van der Waals surface area contributed by atoms with Crippen LogP contribution in [0.2, 0.25) is 0 Å². The van der Waals surface area contributed by atoms with Gasteiger partial charge in [0.15, 0.2) is 11.7 Å². The number of hydrogen-bond acceptors (Lipinski definition) is 11. The van der Waals surface area contributed by atoms with Crippen LogP contribution in [0.3, 0.4) is 0 Å². The molecule has 4 saturated heterocycles. The van der Waals surface area contributed by atoms with Crippen LogP contribution in [0, 0.1) is 17.3 Å². The Balaban J connectivity index is 0.00000288. The molecule has 0 aromatic heterocycles. The smallest absolute Gasteiger partial charge is 0.334 e. The first-order chi connectivity index (χ1) is 19.7. The van der Waals surface area contributed by atoms with Crippen molar-refractivity contribution >= 4 is 30.3 Å². The normalized spacial score (nSPS) is 45.6. The third-order valence-corrected chi connectivity index (χ3v) is 11.6. The first kappa shape index (κ1) is 29.0. The molecule has 5 heterocycles. The highest BCUT2D eigenvalue weighted by Gasteiger charge is 3.01. The summed E-state index contributed by atoms with van der Waals surface area (Å²) < 4.78 is 42.4. The summed E-state index contributed by atoms with van der Waals surface area (Å²) in [7, 11) is 0. The molecule has 232 valence electrons. The molecule has 3 aliphatic carbocycles. The summed E-state index contributed by atoms with van der Waals surface area (Å²) in [5, 5.41) is 0. The quantitative estimate of drug-likeness (QED) is 0.173. The van der Waals surface area contributed by atoms with E-state index in [1.807, 2.05) is 4.90 Å². The molecule has 0 aromatic carbocycles. The van der Waals surface area contributed by atoms with Gasteiger partial charge >= 0.3 is 17.9 Å². The van der Waals surface area contributed by atoms with Crippen LogP contribution < -0.4 is 0 Å². The molecule has 2 saturated carbocycles. The lowest BCUT2D eigenvalue weighted by Crippen LogP contribution is -2.70. The van der Waals surface area contributed by atoms with Gasteiger partial charge in [-0.05, 0) is 43.1 Å². The number of carbonyl (C=O) groups is 3. The second-order valence-corrected chi connectivity index (χ2v) is 13.6. The van der Waals surface area contributed by atoms with Crippen LogP contribution in [0.4, 0.5) is 0 Å². The van der Waals surface area contributed by atoms with E-state index < -0.39 is 22.9 Å². The SMILES string of the molecule is CC(C)[C@]12O[C@H]1[C@@H]1O[C@]13[C@]1(O[C@H]1C[C@H]1C4=C(CC[C@@]13C)C(=O)OC4)[C@@H]2OC(=O)CCCOC(=O)CN1CCOCC1.Cl. The Bertz CT molecular complexity index is 1230. The largest absolute Gasteiger partial charge is 0.465 e. The van der Waals surface area contributed by atoms with E-state index >= 15 is 0 Å². The van der Waals surface area contributed by atoms with Crippen molar-refractivity contribution in [1.29, 1.82) is 0 Å². The van der Waals surface area contributed by atoms with E-state index in [-0.39, 0.29) is 85.5 Å². The maximum Gasteiger partial charge on any atom is 0.334 e. The van der Waals surface area contributed by atoms with Gasteiger partial charge in [-0.15, -0.1) is 12.4 Å². The van der Waals surface area contributed by atoms with Gasteiger partial charge in [0.05, 0.1) is 32.5 Å². The Morgan fingerprint density at radius 2 is 1.88 bits per heavy atom. The van der Waals surface area contributed by atoms with Crippen molar-refractivity contribution in [1.82, 2.24) is 4.90 Å². The zero-order valence-electron chi connectivity index (χ0n) is 24.4. The highest BCUT2D eigenvalue weighted by atomic mass is 35.5. The van der Waals surface area contributed by atoms with E-state index in [1.165, 1.54) is 0 Å². The number of cyclic esters (lactones) is 1. The Morgan fingerprint density at radius 1 is 1.10 bits per heavy atom. The van der Waals surface area contributed by atoms with Crippen molar-refractivity contribution in [3.8, 4) is 0 Å². The topological polar surface area (TPSA) is 129 Å². The van der Waals surface area contributed by atoms with Gasteiger partial charge in [0.1, 0.15) is 30.0 Å². The second kappa shape index (κ2) is 9.62. The van der Waals surface area contributed by atoms with Crippen LogP contribution >= 0.6 is 12.4 Å². The van der Waals surface area contributed by atoms with Gasteiger partial charge in [-0.25, -0.2) is 4.79 Å². The summed E-state index contributed by atoms with van der Waals surface area (Å²) in [6, 6.07) is 0. The fraction of sp³-hybridized carbons (Fsp3) is 0.833. The van der Waals surface area contributed by atoms with E-state index in [9.17, 15) is 14.4 Å². The first-order valence-corrected chi connectivity index (χ1v) is 15.3. The molecular weight excluding hydrogens is 570 g/mol. The molecule has 6 fully saturated rings. The lowest BCUT2D eigenvalue weighted by molar-refractivity contribution is -0.170. The molecule has 0 unspecified atom stereocenters. The summed E-state index contributed by atoms with van der Waals surface area (Å²) >= 11 is 0. The molecule has 0 aromatic rings. The van der Waals surface area contributed by atoms with E-state index in [4.69, 9.17) is 33.2 Å². The maximum atomic E-state index is 13.3. The molecule has 8 rings (SSSR count). The van der Waals surface area contributed by atoms with Gasteiger partial charge in [0, 0.05) is 30.5 Å². The predicted octanol–water partition coefficient (Wildman–Crippen LogP) is 1.73. The van der Waals surface area contributed by atoms with Gasteiger partial charge in [-0.1, -0.05) is 20.8 Å². The van der Waals surface area contributed by atoms with Crippen LogP contribution in [0.1, 0.15) is 52.9 Å². The van der Waals surface area contributed by atoms with Crippen molar-refractivity contribution in [2.24, 2.45) is 17.3 Å². The average molecular weight is 610 g/mol. The zero-order chi connectivity index (χ0) is 28.4. The monoisotopic (exact) mass is 609 g/mol. The number of nitrogens with zero attached hydrogens (tertiary/aromatic N) is 1. The molecule has 8 aliphatic rings. The van der Waals surface area contributed by atoms with Crippen LogP contribution in [0.25, 0.3) is 0 Å². The molecule has 0 N–H and O–H groups in total. The maximum absolute atomic E-state index is 13.3. The molecule has 5 aliphatic heterocycles. The number of fused-ring (bicyclic) bond motifs is 4. The predicted molar refractivity (Wildman–Crippen MR) is 146 cm³/mol. The van der Waals surface area contributed by atoms with E-state index in [2.05, 4.69) is 20.8 Å². The van der Waals surface area contributed by atoms with Crippen molar-refractivity contribution in [2.45, 2.75) is 94.1 Å². The van der Waals surface area contributed by atoms with Gasteiger partial charge in [-0.3, -0.25) is 14.5 Å². The number of ether oxygens (including phenoxy) is 7. The Labute approximate surface area is 251 Å². The fourth-order valence-electron chi connectivity index (χ4n) is 9.42. The minimum atomic E-state index is -0.762. The molecule has 11 nitrogen and oxygen atoms in total. The van der Waals surface area contributed by atoms with Gasteiger partial charge in [0.2, 0.25) is 0 Å². The first-order valence-electron chi connectivity index (χ1n) is 15.3. The number of epoxide rings is 3. The van der Waals surface area contributed by atoms with Crippen LogP contribution in [0.5, 0.6) is 0 Å². The molecule has 9 atom stereocenters. The van der Waals surface area contributed by atoms with Crippen molar-refractivity contribution in [3.05, 3.63) is 11.1 Å². The standard InChI is InChI=1S/C30H39NO10.ClH/c1-16(2)28-23(40-28)24-30(41-24)27(3)7-6-17-18(15-37-25(17)34)19(27)13-20-29(30,39-20)26(28)38-21(32)5-4-10-36-22(33)14-31-8-11-35-12-9-31;/h16,19-20,23-24,26H,4-15H2,1-3H3;1H/t19-,20-,23-,24-,26+,27-,28-,29+,30+;/m0./s1. The zero-order valence-corrected chi connectivity index (χ0v) is 25.2.